The molecule has 0 bridgehead atoms. The lowest BCUT2D eigenvalue weighted by atomic mass is 10.1. The molecule has 0 saturated heterocycles. The van der Waals surface area contributed by atoms with E-state index in [9.17, 15) is 0 Å². The Kier molecular flexibility index (Phi) is 4.82. The summed E-state index contributed by atoms with van der Waals surface area (Å²) < 4.78 is 6.64. The van der Waals surface area contributed by atoms with E-state index in [2.05, 4.69) is 21.5 Å². The Balaban J connectivity index is 2.21. The largest absolute Gasteiger partial charge is 0.383 e. The smallest absolute Gasteiger partial charge is 0.252 e. The van der Waals surface area contributed by atoms with Gasteiger partial charge < -0.3 is 10.1 Å². The van der Waals surface area contributed by atoms with Crippen molar-refractivity contribution in [2.45, 2.75) is 13.5 Å². The molecule has 1 aromatic carbocycles. The summed E-state index contributed by atoms with van der Waals surface area (Å²) in [5, 5.41) is 16.2. The summed E-state index contributed by atoms with van der Waals surface area (Å²) in [6, 6.07) is 8.03. The lowest BCUT2D eigenvalue weighted by Gasteiger charge is -2.11. The summed E-state index contributed by atoms with van der Waals surface area (Å²) in [4.78, 5) is 3.93. The molecule has 0 unspecified atom stereocenters. The molecule has 0 aliphatic carbocycles. The van der Waals surface area contributed by atoms with Gasteiger partial charge in [-0.1, -0.05) is 17.7 Å². The normalized spacial score (nSPS) is 10.4. The number of rotatable bonds is 6. The first-order valence-corrected chi connectivity index (χ1v) is 6.36. The van der Waals surface area contributed by atoms with Gasteiger partial charge in [0.15, 0.2) is 0 Å². The minimum atomic E-state index is 0.170. The summed E-state index contributed by atoms with van der Waals surface area (Å²) in [6.45, 7) is 4.21. The van der Waals surface area contributed by atoms with Gasteiger partial charge in [-0.25, -0.2) is 9.67 Å². The first kappa shape index (κ1) is 14.2. The number of aryl methyl sites for hydroxylation is 1. The van der Waals surface area contributed by atoms with Gasteiger partial charge in [0, 0.05) is 20.2 Å². The second-order valence-electron chi connectivity index (χ2n) is 4.43. The lowest BCUT2D eigenvalue weighted by Crippen LogP contribution is -2.19. The number of nitrogens with one attached hydrogen (secondary N) is 1. The minimum Gasteiger partial charge on any atom is -0.383 e. The standard InChI is InChI=1S/C14H17N5O/c1-11-3-4-13(19-10-17-14(8-15)18-19)12(7-11)9-16-5-6-20-2/h3-4,7,10,16H,5-6,9H2,1-2H3. The Bertz CT molecular complexity index is 614. The number of ether oxygens (including phenoxy) is 1. The van der Waals surface area contributed by atoms with E-state index >= 15 is 0 Å². The molecule has 20 heavy (non-hydrogen) atoms. The molecule has 2 rings (SSSR count). The average molecular weight is 271 g/mol. The van der Waals surface area contributed by atoms with Gasteiger partial charge in [-0.3, -0.25) is 0 Å². The van der Waals surface area contributed by atoms with Crippen molar-refractivity contribution in [2.24, 2.45) is 0 Å². The molecule has 0 aliphatic rings. The van der Waals surface area contributed by atoms with Crippen LogP contribution in [0.25, 0.3) is 5.69 Å². The van der Waals surface area contributed by atoms with Gasteiger partial charge in [0.05, 0.1) is 12.3 Å². The molecule has 0 saturated carbocycles. The van der Waals surface area contributed by atoms with Crippen LogP contribution in [0.5, 0.6) is 0 Å². The molecule has 1 N–H and O–H groups in total. The maximum atomic E-state index is 8.80. The van der Waals surface area contributed by atoms with Crippen molar-refractivity contribution in [1.29, 1.82) is 5.26 Å². The fourth-order valence-corrected chi connectivity index (χ4v) is 1.91. The fraction of sp³-hybridized carbons (Fsp3) is 0.357. The van der Waals surface area contributed by atoms with Gasteiger partial charge >= 0.3 is 0 Å². The van der Waals surface area contributed by atoms with Crippen LogP contribution in [0.1, 0.15) is 17.0 Å². The Morgan fingerprint density at radius 2 is 2.30 bits per heavy atom. The van der Waals surface area contributed by atoms with Crippen LogP contribution in [0.2, 0.25) is 0 Å². The number of methoxy groups -OCH3 is 1. The van der Waals surface area contributed by atoms with Crippen LogP contribution in [0.4, 0.5) is 0 Å². The second-order valence-corrected chi connectivity index (χ2v) is 4.43. The van der Waals surface area contributed by atoms with E-state index in [1.807, 2.05) is 25.1 Å². The van der Waals surface area contributed by atoms with Crippen molar-refractivity contribution in [3.63, 3.8) is 0 Å². The molecule has 0 aliphatic heterocycles. The molecule has 0 fully saturated rings. The summed E-state index contributed by atoms with van der Waals surface area (Å²) in [7, 11) is 1.68. The molecule has 1 heterocycles. The highest BCUT2D eigenvalue weighted by atomic mass is 16.5. The third kappa shape index (κ3) is 3.41. The number of hydrogen-bond acceptors (Lipinski definition) is 5. The van der Waals surface area contributed by atoms with E-state index in [4.69, 9.17) is 10.00 Å². The average Bonchev–Trinajstić information content (AvgIpc) is 2.92. The van der Waals surface area contributed by atoms with Gasteiger partial charge in [0.2, 0.25) is 0 Å². The molecule has 0 amide bonds. The van der Waals surface area contributed by atoms with Crippen molar-refractivity contribution in [1.82, 2.24) is 20.1 Å². The van der Waals surface area contributed by atoms with Crippen LogP contribution in [0.15, 0.2) is 24.5 Å². The number of benzene rings is 1. The van der Waals surface area contributed by atoms with Gasteiger partial charge in [-0.05, 0) is 18.6 Å². The Morgan fingerprint density at radius 1 is 1.45 bits per heavy atom. The molecule has 2 aromatic rings. The van der Waals surface area contributed by atoms with Crippen LogP contribution in [-0.2, 0) is 11.3 Å². The molecule has 6 heteroatoms. The molecule has 0 spiro atoms. The fourth-order valence-electron chi connectivity index (χ4n) is 1.91. The quantitative estimate of drug-likeness (QED) is 0.798. The molecule has 1 aromatic heterocycles. The maximum Gasteiger partial charge on any atom is 0.252 e. The number of aromatic nitrogens is 3. The molecule has 0 atom stereocenters. The first-order chi connectivity index (χ1) is 9.74. The zero-order valence-corrected chi connectivity index (χ0v) is 11.6. The molecule has 0 radical (unpaired) electrons. The third-order valence-corrected chi connectivity index (χ3v) is 2.87. The van der Waals surface area contributed by atoms with Crippen LogP contribution < -0.4 is 5.32 Å². The highest BCUT2D eigenvalue weighted by Crippen LogP contribution is 2.15. The predicted octanol–water partition coefficient (Wildman–Crippen LogP) is 1.18. The highest BCUT2D eigenvalue weighted by molar-refractivity contribution is 5.42. The topological polar surface area (TPSA) is 75.8 Å². The zero-order valence-electron chi connectivity index (χ0n) is 11.6. The van der Waals surface area contributed by atoms with Crippen molar-refractivity contribution in [2.75, 3.05) is 20.3 Å². The molecule has 6 nitrogen and oxygen atoms in total. The van der Waals surface area contributed by atoms with Gasteiger partial charge in [-0.2, -0.15) is 5.26 Å². The summed E-state index contributed by atoms with van der Waals surface area (Å²) in [6.07, 6.45) is 1.56. The van der Waals surface area contributed by atoms with Crippen molar-refractivity contribution >= 4 is 0 Å². The number of hydrogen-bond donors (Lipinski definition) is 1. The predicted molar refractivity (Wildman–Crippen MR) is 74.4 cm³/mol. The first-order valence-electron chi connectivity index (χ1n) is 6.36. The zero-order chi connectivity index (χ0) is 14.4. The van der Waals surface area contributed by atoms with Crippen LogP contribution in [0.3, 0.4) is 0 Å². The molecular formula is C14H17N5O. The summed E-state index contributed by atoms with van der Waals surface area (Å²) in [5.41, 5.74) is 3.21. The van der Waals surface area contributed by atoms with Crippen molar-refractivity contribution in [3.05, 3.63) is 41.5 Å². The van der Waals surface area contributed by atoms with Crippen molar-refractivity contribution < 1.29 is 4.74 Å². The summed E-state index contributed by atoms with van der Waals surface area (Å²) >= 11 is 0. The van der Waals surface area contributed by atoms with E-state index in [0.717, 1.165) is 17.8 Å². The van der Waals surface area contributed by atoms with E-state index < -0.39 is 0 Å². The number of nitriles is 1. The SMILES string of the molecule is COCCNCc1cc(C)ccc1-n1cnc(C#N)n1. The summed E-state index contributed by atoms with van der Waals surface area (Å²) in [5.74, 6) is 0.170. The third-order valence-electron chi connectivity index (χ3n) is 2.87. The van der Waals surface area contributed by atoms with Crippen LogP contribution in [0, 0.1) is 18.3 Å². The van der Waals surface area contributed by atoms with Crippen LogP contribution in [-0.4, -0.2) is 35.0 Å². The van der Waals surface area contributed by atoms with E-state index in [0.29, 0.717) is 13.2 Å². The Morgan fingerprint density at radius 3 is 3.00 bits per heavy atom. The van der Waals surface area contributed by atoms with Crippen LogP contribution >= 0.6 is 0 Å². The van der Waals surface area contributed by atoms with Gasteiger partial charge in [0.25, 0.3) is 5.82 Å². The minimum absolute atomic E-state index is 0.170. The molecular weight excluding hydrogens is 254 g/mol. The Hall–Kier alpha value is -2.23. The van der Waals surface area contributed by atoms with Gasteiger partial charge in [0.1, 0.15) is 12.4 Å². The van der Waals surface area contributed by atoms with E-state index in [1.54, 1.807) is 18.1 Å². The van der Waals surface area contributed by atoms with E-state index in [1.165, 1.54) is 5.56 Å². The highest BCUT2D eigenvalue weighted by Gasteiger charge is 2.07. The molecule has 104 valence electrons. The Labute approximate surface area is 118 Å². The lowest BCUT2D eigenvalue weighted by molar-refractivity contribution is 0.199. The van der Waals surface area contributed by atoms with Crippen molar-refractivity contribution in [3.8, 4) is 11.8 Å². The monoisotopic (exact) mass is 271 g/mol. The van der Waals surface area contributed by atoms with E-state index in [-0.39, 0.29) is 5.82 Å². The van der Waals surface area contributed by atoms with Gasteiger partial charge in [-0.15, -0.1) is 5.10 Å². The maximum absolute atomic E-state index is 8.80. The number of nitrogens with zero attached hydrogens (tertiary/aromatic N) is 4. The second kappa shape index (κ2) is 6.80.